The number of aromatic amines is 1. The Morgan fingerprint density at radius 1 is 1.05 bits per heavy atom. The molecular formula is C14H12ClN5. The van der Waals surface area contributed by atoms with Crippen LogP contribution in [0.25, 0.3) is 11.3 Å². The molecule has 0 saturated heterocycles. The minimum atomic E-state index is 0.240. The molecule has 100 valence electrons. The van der Waals surface area contributed by atoms with Crippen molar-refractivity contribution < 1.29 is 0 Å². The van der Waals surface area contributed by atoms with Crippen LogP contribution >= 0.6 is 11.6 Å². The lowest BCUT2D eigenvalue weighted by molar-refractivity contribution is 1.08. The summed E-state index contributed by atoms with van der Waals surface area (Å²) in [5.41, 5.74) is 3.27. The lowest BCUT2D eigenvalue weighted by Crippen LogP contribution is -2.01. The van der Waals surface area contributed by atoms with Crippen LogP contribution in [0.1, 0.15) is 5.56 Å². The molecule has 0 atom stereocenters. The summed E-state index contributed by atoms with van der Waals surface area (Å²) in [4.78, 5) is 7.92. The normalized spacial score (nSPS) is 10.4. The van der Waals surface area contributed by atoms with E-state index in [0.29, 0.717) is 12.4 Å². The second kappa shape index (κ2) is 5.71. The van der Waals surface area contributed by atoms with Gasteiger partial charge in [0.25, 0.3) is 0 Å². The first-order valence-electron chi connectivity index (χ1n) is 6.12. The molecule has 2 aromatic heterocycles. The molecule has 0 spiro atoms. The van der Waals surface area contributed by atoms with Crippen LogP contribution in [0.5, 0.6) is 0 Å². The first-order valence-corrected chi connectivity index (χ1v) is 6.50. The number of nitrogens with zero attached hydrogens (tertiary/aromatic N) is 3. The average Bonchev–Trinajstić information content (AvgIpc) is 3.00. The fraction of sp³-hybridized carbons (Fsp3) is 0.0714. The number of halogens is 1. The highest BCUT2D eigenvalue weighted by atomic mass is 35.5. The van der Waals surface area contributed by atoms with E-state index in [1.54, 1.807) is 18.5 Å². The molecule has 0 fully saturated rings. The minimum absolute atomic E-state index is 0.240. The predicted molar refractivity (Wildman–Crippen MR) is 78.4 cm³/mol. The quantitative estimate of drug-likeness (QED) is 0.723. The summed E-state index contributed by atoms with van der Waals surface area (Å²) in [6.45, 7) is 0.677. The molecule has 0 amide bonds. The van der Waals surface area contributed by atoms with Crippen molar-refractivity contribution in [3.63, 3.8) is 0 Å². The van der Waals surface area contributed by atoms with Gasteiger partial charge in [0.05, 0.1) is 5.69 Å². The van der Waals surface area contributed by atoms with E-state index in [2.05, 4.69) is 49.7 Å². The van der Waals surface area contributed by atoms with Gasteiger partial charge in [0.1, 0.15) is 5.82 Å². The largest absolute Gasteiger partial charge is 0.366 e. The Balaban J connectivity index is 1.67. The van der Waals surface area contributed by atoms with Gasteiger partial charge in [-0.1, -0.05) is 24.3 Å². The Kier molecular flexibility index (Phi) is 3.60. The van der Waals surface area contributed by atoms with Crippen LogP contribution in [0.15, 0.2) is 48.8 Å². The van der Waals surface area contributed by atoms with Crippen molar-refractivity contribution in [1.29, 1.82) is 0 Å². The van der Waals surface area contributed by atoms with Gasteiger partial charge in [0, 0.05) is 18.9 Å². The molecule has 3 aromatic rings. The average molecular weight is 286 g/mol. The van der Waals surface area contributed by atoms with Gasteiger partial charge < -0.3 is 5.32 Å². The van der Waals surface area contributed by atoms with Crippen LogP contribution < -0.4 is 5.32 Å². The maximum absolute atomic E-state index is 5.73. The van der Waals surface area contributed by atoms with Crippen molar-refractivity contribution >= 4 is 17.4 Å². The second-order valence-corrected chi connectivity index (χ2v) is 4.57. The van der Waals surface area contributed by atoms with Gasteiger partial charge in [-0.05, 0) is 34.9 Å². The molecule has 0 aliphatic heterocycles. The Morgan fingerprint density at radius 3 is 2.60 bits per heavy atom. The number of benzene rings is 1. The molecule has 6 heteroatoms. The summed E-state index contributed by atoms with van der Waals surface area (Å²) in [5.74, 6) is 0.711. The van der Waals surface area contributed by atoms with Gasteiger partial charge in [-0.25, -0.2) is 9.97 Å². The summed E-state index contributed by atoms with van der Waals surface area (Å²) >= 11 is 5.73. The number of aromatic nitrogens is 4. The molecule has 5 nitrogen and oxygen atoms in total. The van der Waals surface area contributed by atoms with E-state index < -0.39 is 0 Å². The minimum Gasteiger partial charge on any atom is -0.366 e. The Hall–Kier alpha value is -2.40. The molecule has 20 heavy (non-hydrogen) atoms. The molecule has 0 unspecified atom stereocenters. The Labute approximate surface area is 121 Å². The topological polar surface area (TPSA) is 66.5 Å². The smallest absolute Gasteiger partial charge is 0.224 e. The molecular weight excluding hydrogens is 274 g/mol. The van der Waals surface area contributed by atoms with Crippen LogP contribution in [0.3, 0.4) is 0 Å². The molecule has 0 bridgehead atoms. The Morgan fingerprint density at radius 2 is 1.90 bits per heavy atom. The highest BCUT2D eigenvalue weighted by Crippen LogP contribution is 2.17. The molecule has 0 radical (unpaired) electrons. The second-order valence-electron chi connectivity index (χ2n) is 4.23. The van der Waals surface area contributed by atoms with Gasteiger partial charge in [0.15, 0.2) is 0 Å². The van der Waals surface area contributed by atoms with Crippen LogP contribution in [0.2, 0.25) is 5.28 Å². The predicted octanol–water partition coefficient (Wildman–Crippen LogP) is 3.13. The van der Waals surface area contributed by atoms with Crippen LogP contribution in [0, 0.1) is 0 Å². The van der Waals surface area contributed by atoms with Crippen molar-refractivity contribution in [3.8, 4) is 11.3 Å². The zero-order valence-corrected chi connectivity index (χ0v) is 11.3. The summed E-state index contributed by atoms with van der Waals surface area (Å²) in [5, 5.41) is 10.3. The van der Waals surface area contributed by atoms with E-state index in [4.69, 9.17) is 11.6 Å². The SMILES string of the molecule is Clc1nccc(NCc2ccc(-c3ccn[nH]3)cc2)n1. The summed E-state index contributed by atoms with van der Waals surface area (Å²) < 4.78 is 0. The number of anilines is 1. The van der Waals surface area contributed by atoms with Crippen molar-refractivity contribution in [3.05, 3.63) is 59.6 Å². The molecule has 2 N–H and O–H groups in total. The van der Waals surface area contributed by atoms with Gasteiger partial charge in [-0.2, -0.15) is 5.10 Å². The van der Waals surface area contributed by atoms with Crippen LogP contribution in [-0.2, 0) is 6.54 Å². The van der Waals surface area contributed by atoms with Crippen LogP contribution in [0.4, 0.5) is 5.82 Å². The van der Waals surface area contributed by atoms with E-state index in [1.807, 2.05) is 6.07 Å². The number of hydrogen-bond acceptors (Lipinski definition) is 4. The maximum atomic E-state index is 5.73. The van der Waals surface area contributed by atoms with Gasteiger partial charge in [-0.3, -0.25) is 5.10 Å². The fourth-order valence-corrected chi connectivity index (χ4v) is 1.99. The number of nitrogens with one attached hydrogen (secondary N) is 2. The van der Waals surface area contributed by atoms with Crippen molar-refractivity contribution in [1.82, 2.24) is 20.2 Å². The van der Waals surface area contributed by atoms with Gasteiger partial charge in [0.2, 0.25) is 5.28 Å². The van der Waals surface area contributed by atoms with Crippen molar-refractivity contribution in [2.24, 2.45) is 0 Å². The van der Waals surface area contributed by atoms with Crippen LogP contribution in [-0.4, -0.2) is 20.2 Å². The highest BCUT2D eigenvalue weighted by molar-refractivity contribution is 6.28. The first kappa shape index (κ1) is 12.6. The third kappa shape index (κ3) is 2.95. The zero-order chi connectivity index (χ0) is 13.8. The Bertz CT molecular complexity index is 679. The highest BCUT2D eigenvalue weighted by Gasteiger charge is 2.00. The molecule has 0 aliphatic carbocycles. The van der Waals surface area contributed by atoms with Gasteiger partial charge >= 0.3 is 0 Å². The monoisotopic (exact) mass is 285 g/mol. The number of hydrogen-bond donors (Lipinski definition) is 2. The molecule has 1 aromatic carbocycles. The fourth-order valence-electron chi connectivity index (χ4n) is 1.84. The van der Waals surface area contributed by atoms with E-state index in [-0.39, 0.29) is 5.28 Å². The summed E-state index contributed by atoms with van der Waals surface area (Å²) in [7, 11) is 0. The molecule has 0 aliphatic rings. The molecule has 3 rings (SSSR count). The van der Waals surface area contributed by atoms with E-state index in [0.717, 1.165) is 16.8 Å². The molecule has 2 heterocycles. The summed E-state index contributed by atoms with van der Waals surface area (Å²) in [6, 6.07) is 12.0. The van der Waals surface area contributed by atoms with E-state index >= 15 is 0 Å². The third-order valence-electron chi connectivity index (χ3n) is 2.87. The first-order chi connectivity index (χ1) is 9.81. The zero-order valence-electron chi connectivity index (χ0n) is 10.5. The maximum Gasteiger partial charge on any atom is 0.224 e. The van der Waals surface area contributed by atoms with E-state index in [9.17, 15) is 0 Å². The standard InChI is InChI=1S/C14H12ClN5/c15-14-16-7-6-13(19-14)17-9-10-1-3-11(4-2-10)12-5-8-18-20-12/h1-8H,9H2,(H,18,20)(H,16,17,19). The van der Waals surface area contributed by atoms with Crippen molar-refractivity contribution in [2.45, 2.75) is 6.54 Å². The van der Waals surface area contributed by atoms with Gasteiger partial charge in [-0.15, -0.1) is 0 Å². The van der Waals surface area contributed by atoms with E-state index in [1.165, 1.54) is 0 Å². The lowest BCUT2D eigenvalue weighted by Gasteiger charge is -2.06. The molecule has 0 saturated carbocycles. The number of H-pyrrole nitrogens is 1. The lowest BCUT2D eigenvalue weighted by atomic mass is 10.1. The number of rotatable bonds is 4. The third-order valence-corrected chi connectivity index (χ3v) is 3.05. The summed E-state index contributed by atoms with van der Waals surface area (Å²) in [6.07, 6.45) is 3.36. The van der Waals surface area contributed by atoms with Crippen molar-refractivity contribution in [2.75, 3.05) is 5.32 Å².